The average Bonchev–Trinajstić information content (AvgIpc) is 2.84. The van der Waals surface area contributed by atoms with Crippen LogP contribution in [-0.4, -0.2) is 59.8 Å². The van der Waals surface area contributed by atoms with E-state index in [1.165, 1.54) is 0 Å². The highest BCUT2D eigenvalue weighted by Gasteiger charge is 2.34. The Morgan fingerprint density at radius 1 is 1.38 bits per heavy atom. The number of aliphatic hydroxyl groups excluding tert-OH is 2. The highest BCUT2D eigenvalue weighted by atomic mass is 16.5. The third-order valence-electron chi connectivity index (χ3n) is 4.15. The number of hydrogen-bond acceptors (Lipinski definition) is 6. The molecule has 7 nitrogen and oxygen atoms in total. The van der Waals surface area contributed by atoms with Crippen LogP contribution >= 0.6 is 0 Å². The third-order valence-corrected chi connectivity index (χ3v) is 4.15. The minimum Gasteiger partial charge on any atom is -0.483 e. The summed E-state index contributed by atoms with van der Waals surface area (Å²) in [6.45, 7) is 4.01. The predicted molar refractivity (Wildman–Crippen MR) is 85.1 cm³/mol. The Morgan fingerprint density at radius 3 is 2.96 bits per heavy atom. The number of nitrogens with one attached hydrogen (secondary N) is 1. The summed E-state index contributed by atoms with van der Waals surface area (Å²) in [4.78, 5) is 12.0. The number of aliphatic hydroxyl groups is 2. The first-order valence-electron chi connectivity index (χ1n) is 8.03. The van der Waals surface area contributed by atoms with Gasteiger partial charge in [-0.15, -0.1) is 0 Å². The molecule has 7 heteroatoms. The Bertz CT molecular complexity index is 617. The van der Waals surface area contributed by atoms with Crippen molar-refractivity contribution in [3.63, 3.8) is 0 Å². The molecule has 1 aromatic rings. The van der Waals surface area contributed by atoms with E-state index in [0.29, 0.717) is 11.5 Å². The Hall–Kier alpha value is -1.83. The molecule has 3 atom stereocenters. The fourth-order valence-electron chi connectivity index (χ4n) is 3.00. The third kappa shape index (κ3) is 3.63. The predicted octanol–water partition coefficient (Wildman–Crippen LogP) is 0.0157. The monoisotopic (exact) mass is 337 g/mol. The van der Waals surface area contributed by atoms with Crippen molar-refractivity contribution < 1.29 is 29.2 Å². The summed E-state index contributed by atoms with van der Waals surface area (Å²) in [5, 5.41) is 22.0. The molecule has 0 spiro atoms. The number of benzene rings is 1. The molecule has 2 aliphatic heterocycles. The van der Waals surface area contributed by atoms with Gasteiger partial charge in [0, 0.05) is 12.0 Å². The number of rotatable bonds is 4. The van der Waals surface area contributed by atoms with Crippen LogP contribution in [0, 0.1) is 0 Å². The zero-order chi connectivity index (χ0) is 17.3. The van der Waals surface area contributed by atoms with Gasteiger partial charge in [0.1, 0.15) is 17.8 Å². The van der Waals surface area contributed by atoms with Crippen molar-refractivity contribution in [3.05, 3.63) is 23.8 Å². The molecule has 0 aliphatic carbocycles. The Morgan fingerprint density at radius 2 is 2.17 bits per heavy atom. The van der Waals surface area contributed by atoms with Crippen LogP contribution in [0.15, 0.2) is 18.2 Å². The SMILES string of the molecule is CC1(C)Cc2cccc(OCC(=O)N[C@@H]3COC[C@@H](O)[C@H]3O)c2O1. The first kappa shape index (κ1) is 17.0. The summed E-state index contributed by atoms with van der Waals surface area (Å²) >= 11 is 0. The standard InChI is InChI=1S/C17H23NO6/c1-17(2)6-10-4-3-5-13(16(10)24-17)23-9-14(20)18-11-7-22-8-12(19)15(11)21/h3-5,11-12,15,19,21H,6-9H2,1-2H3,(H,18,20)/t11-,12-,15+/m1/s1. The Balaban J connectivity index is 1.57. The first-order chi connectivity index (χ1) is 11.4. The molecule has 0 aromatic heterocycles. The first-order valence-corrected chi connectivity index (χ1v) is 8.03. The largest absolute Gasteiger partial charge is 0.483 e. The van der Waals surface area contributed by atoms with Gasteiger partial charge >= 0.3 is 0 Å². The smallest absolute Gasteiger partial charge is 0.258 e. The Labute approximate surface area is 140 Å². The van der Waals surface area contributed by atoms with Gasteiger partial charge in [0.15, 0.2) is 18.1 Å². The topological polar surface area (TPSA) is 97.3 Å². The minimum absolute atomic E-state index is 0.0628. The van der Waals surface area contributed by atoms with Gasteiger partial charge in [0.25, 0.3) is 5.91 Å². The highest BCUT2D eigenvalue weighted by molar-refractivity contribution is 5.78. The summed E-state index contributed by atoms with van der Waals surface area (Å²) < 4.78 is 16.6. The van der Waals surface area contributed by atoms with Gasteiger partial charge in [-0.1, -0.05) is 12.1 Å². The van der Waals surface area contributed by atoms with Crippen LogP contribution in [0.4, 0.5) is 0 Å². The summed E-state index contributed by atoms with van der Waals surface area (Å²) in [7, 11) is 0. The maximum absolute atomic E-state index is 12.0. The normalized spacial score (nSPS) is 27.9. The zero-order valence-electron chi connectivity index (χ0n) is 13.8. The molecule has 1 aromatic carbocycles. The van der Waals surface area contributed by atoms with Crippen LogP contribution in [0.2, 0.25) is 0 Å². The average molecular weight is 337 g/mol. The van der Waals surface area contributed by atoms with E-state index >= 15 is 0 Å². The quantitative estimate of drug-likeness (QED) is 0.716. The molecule has 2 heterocycles. The van der Waals surface area contributed by atoms with Crippen molar-refractivity contribution >= 4 is 5.91 Å². The molecule has 0 radical (unpaired) electrons. The van der Waals surface area contributed by atoms with E-state index in [4.69, 9.17) is 14.2 Å². The van der Waals surface area contributed by atoms with Crippen molar-refractivity contribution in [3.8, 4) is 11.5 Å². The fourth-order valence-corrected chi connectivity index (χ4v) is 3.00. The van der Waals surface area contributed by atoms with Crippen LogP contribution in [0.25, 0.3) is 0 Å². The lowest BCUT2D eigenvalue weighted by Gasteiger charge is -2.32. The van der Waals surface area contributed by atoms with Crippen molar-refractivity contribution in [2.75, 3.05) is 19.8 Å². The van der Waals surface area contributed by atoms with Gasteiger partial charge in [-0.2, -0.15) is 0 Å². The van der Waals surface area contributed by atoms with Gasteiger partial charge in [0.2, 0.25) is 0 Å². The van der Waals surface area contributed by atoms with E-state index in [0.717, 1.165) is 12.0 Å². The molecule has 0 unspecified atom stereocenters. The zero-order valence-corrected chi connectivity index (χ0v) is 13.8. The molecule has 132 valence electrons. The molecule has 0 bridgehead atoms. The van der Waals surface area contributed by atoms with Crippen LogP contribution in [0.3, 0.4) is 0 Å². The molecule has 1 saturated heterocycles. The second-order valence-corrected chi connectivity index (χ2v) is 6.84. The molecule has 1 fully saturated rings. The fraction of sp³-hybridized carbons (Fsp3) is 0.588. The number of hydrogen-bond donors (Lipinski definition) is 3. The van der Waals surface area contributed by atoms with E-state index in [2.05, 4.69) is 5.32 Å². The number of ether oxygens (including phenoxy) is 3. The van der Waals surface area contributed by atoms with Crippen LogP contribution in [-0.2, 0) is 16.0 Å². The number of carbonyl (C=O) groups excluding carboxylic acids is 1. The van der Waals surface area contributed by atoms with Crippen molar-refractivity contribution in [1.82, 2.24) is 5.32 Å². The maximum Gasteiger partial charge on any atom is 0.258 e. The summed E-state index contributed by atoms with van der Waals surface area (Å²) in [5.74, 6) is 0.798. The van der Waals surface area contributed by atoms with Crippen LogP contribution in [0.1, 0.15) is 19.4 Å². The summed E-state index contributed by atoms with van der Waals surface area (Å²) in [5.41, 5.74) is 0.765. The van der Waals surface area contributed by atoms with E-state index in [1.54, 1.807) is 6.07 Å². The van der Waals surface area contributed by atoms with E-state index in [9.17, 15) is 15.0 Å². The molecule has 3 rings (SSSR count). The lowest BCUT2D eigenvalue weighted by molar-refractivity contribution is -0.133. The van der Waals surface area contributed by atoms with Gasteiger partial charge < -0.3 is 29.7 Å². The Kier molecular flexibility index (Phi) is 4.67. The number of amides is 1. The molecule has 24 heavy (non-hydrogen) atoms. The molecule has 0 saturated carbocycles. The lowest BCUT2D eigenvalue weighted by Crippen LogP contribution is -2.56. The molecular formula is C17H23NO6. The maximum atomic E-state index is 12.0. The van der Waals surface area contributed by atoms with Crippen LogP contribution in [0.5, 0.6) is 11.5 Å². The number of carbonyl (C=O) groups is 1. The van der Waals surface area contributed by atoms with E-state index in [-0.39, 0.29) is 25.4 Å². The number of para-hydroxylation sites is 1. The van der Waals surface area contributed by atoms with Crippen molar-refractivity contribution in [2.45, 2.75) is 44.1 Å². The number of fused-ring (bicyclic) bond motifs is 1. The minimum atomic E-state index is -1.05. The second-order valence-electron chi connectivity index (χ2n) is 6.84. The van der Waals surface area contributed by atoms with E-state index in [1.807, 2.05) is 26.0 Å². The lowest BCUT2D eigenvalue weighted by atomic mass is 10.0. The molecular weight excluding hydrogens is 314 g/mol. The van der Waals surface area contributed by atoms with Gasteiger partial charge in [-0.25, -0.2) is 0 Å². The van der Waals surface area contributed by atoms with Crippen molar-refractivity contribution in [1.29, 1.82) is 0 Å². The highest BCUT2D eigenvalue weighted by Crippen LogP contribution is 2.41. The molecule has 2 aliphatic rings. The summed E-state index contributed by atoms with van der Waals surface area (Å²) in [6.07, 6.45) is -1.26. The van der Waals surface area contributed by atoms with Gasteiger partial charge in [-0.05, 0) is 19.9 Å². The van der Waals surface area contributed by atoms with Crippen molar-refractivity contribution in [2.24, 2.45) is 0 Å². The van der Waals surface area contributed by atoms with E-state index < -0.39 is 24.2 Å². The molecule has 3 N–H and O–H groups in total. The van der Waals surface area contributed by atoms with Gasteiger partial charge in [0.05, 0.1) is 19.3 Å². The summed E-state index contributed by atoms with van der Waals surface area (Å²) in [6, 6.07) is 4.96. The van der Waals surface area contributed by atoms with Gasteiger partial charge in [-0.3, -0.25) is 4.79 Å². The molecule has 1 amide bonds. The second kappa shape index (κ2) is 6.58. The van der Waals surface area contributed by atoms with Crippen LogP contribution < -0.4 is 14.8 Å².